The molecule has 150 valence electrons. The number of hydrogen-bond donors (Lipinski definition) is 1. The van der Waals surface area contributed by atoms with Gasteiger partial charge in [-0.1, -0.05) is 12.1 Å². The Morgan fingerprint density at radius 3 is 2.41 bits per heavy atom. The second-order valence-electron chi connectivity index (χ2n) is 6.64. The van der Waals surface area contributed by atoms with Gasteiger partial charge < -0.3 is 19.4 Å². The van der Waals surface area contributed by atoms with Crippen molar-refractivity contribution in [2.24, 2.45) is 0 Å². The van der Waals surface area contributed by atoms with Crippen molar-refractivity contribution >= 4 is 12.4 Å². The molecule has 0 saturated heterocycles. The molecule has 0 saturated carbocycles. The van der Waals surface area contributed by atoms with E-state index in [9.17, 15) is 0 Å². The molecule has 0 fully saturated rings. The average Bonchev–Trinajstić information content (AvgIpc) is 3.14. The largest absolute Gasteiger partial charge is 0.490 e. The van der Waals surface area contributed by atoms with Crippen LogP contribution in [0.25, 0.3) is 5.69 Å². The lowest BCUT2D eigenvalue weighted by atomic mass is 10.0. The summed E-state index contributed by atoms with van der Waals surface area (Å²) in [6, 6.07) is 18.3. The summed E-state index contributed by atoms with van der Waals surface area (Å²) in [5.41, 5.74) is 5.19. The Morgan fingerprint density at radius 1 is 1.07 bits per heavy atom. The number of nitrogens with one attached hydrogen (secondary N) is 1. The van der Waals surface area contributed by atoms with Crippen LogP contribution in [0.1, 0.15) is 42.3 Å². The molecule has 2 heterocycles. The molecule has 0 amide bonds. The van der Waals surface area contributed by atoms with Crippen LogP contribution in [0.2, 0.25) is 0 Å². The van der Waals surface area contributed by atoms with Gasteiger partial charge in [-0.15, -0.1) is 12.4 Å². The maximum absolute atomic E-state index is 9.07. The van der Waals surface area contributed by atoms with Crippen LogP contribution in [-0.2, 0) is 6.54 Å². The minimum Gasteiger partial charge on any atom is -0.490 e. The SMILES string of the molecule is CCOc1cc2c(cc1OCC)-n1cccc1C(c1ccc(C#N)cc1)NC2.Cl. The Labute approximate surface area is 177 Å². The normalized spacial score (nSPS) is 14.6. The van der Waals surface area contributed by atoms with Crippen molar-refractivity contribution in [2.75, 3.05) is 13.2 Å². The molecule has 1 aliphatic rings. The van der Waals surface area contributed by atoms with Crippen LogP contribution in [0, 0.1) is 11.3 Å². The third-order valence-corrected chi connectivity index (χ3v) is 4.95. The predicted octanol–water partition coefficient (Wildman–Crippen LogP) is 4.76. The fourth-order valence-electron chi connectivity index (χ4n) is 3.70. The Hall–Kier alpha value is -2.94. The number of nitrogens with zero attached hydrogens (tertiary/aromatic N) is 2. The summed E-state index contributed by atoms with van der Waals surface area (Å²) in [6.45, 7) is 5.84. The van der Waals surface area contributed by atoms with Gasteiger partial charge in [0, 0.05) is 24.5 Å². The van der Waals surface area contributed by atoms with Crippen molar-refractivity contribution in [3.63, 3.8) is 0 Å². The van der Waals surface area contributed by atoms with E-state index in [0.29, 0.717) is 25.3 Å². The number of hydrogen-bond acceptors (Lipinski definition) is 4. The zero-order valence-corrected chi connectivity index (χ0v) is 17.3. The molecule has 29 heavy (non-hydrogen) atoms. The molecule has 1 aliphatic heterocycles. The second-order valence-corrected chi connectivity index (χ2v) is 6.64. The molecule has 1 aromatic heterocycles. The van der Waals surface area contributed by atoms with Crippen LogP contribution in [0.15, 0.2) is 54.7 Å². The molecule has 3 aromatic rings. The van der Waals surface area contributed by atoms with Crippen LogP contribution in [0.3, 0.4) is 0 Å². The first-order valence-electron chi connectivity index (χ1n) is 9.58. The van der Waals surface area contributed by atoms with Crippen molar-refractivity contribution in [3.8, 4) is 23.3 Å². The van der Waals surface area contributed by atoms with Crippen molar-refractivity contribution in [2.45, 2.75) is 26.4 Å². The van der Waals surface area contributed by atoms with Gasteiger partial charge in [-0.3, -0.25) is 0 Å². The number of nitriles is 1. The Morgan fingerprint density at radius 2 is 1.76 bits per heavy atom. The van der Waals surface area contributed by atoms with E-state index in [2.05, 4.69) is 46.4 Å². The maximum Gasteiger partial charge on any atom is 0.163 e. The molecule has 1 unspecified atom stereocenters. The van der Waals surface area contributed by atoms with E-state index in [4.69, 9.17) is 14.7 Å². The lowest BCUT2D eigenvalue weighted by molar-refractivity contribution is 0.287. The highest BCUT2D eigenvalue weighted by molar-refractivity contribution is 5.85. The summed E-state index contributed by atoms with van der Waals surface area (Å²) in [5.74, 6) is 1.54. The topological polar surface area (TPSA) is 59.2 Å². The van der Waals surface area contributed by atoms with E-state index in [1.54, 1.807) is 0 Å². The van der Waals surface area contributed by atoms with Gasteiger partial charge >= 0.3 is 0 Å². The molecule has 0 bridgehead atoms. The van der Waals surface area contributed by atoms with Crippen LogP contribution in [0.4, 0.5) is 0 Å². The zero-order chi connectivity index (χ0) is 19.5. The third-order valence-electron chi connectivity index (χ3n) is 4.95. The predicted molar refractivity (Wildman–Crippen MR) is 115 cm³/mol. The first-order valence-corrected chi connectivity index (χ1v) is 9.58. The fourth-order valence-corrected chi connectivity index (χ4v) is 3.70. The van der Waals surface area contributed by atoms with Crippen LogP contribution in [0.5, 0.6) is 11.5 Å². The summed E-state index contributed by atoms with van der Waals surface area (Å²) in [5, 5.41) is 12.7. The first kappa shape index (κ1) is 20.8. The number of rotatable bonds is 5. The molecule has 6 heteroatoms. The minimum atomic E-state index is 0. The van der Waals surface area contributed by atoms with E-state index >= 15 is 0 Å². The zero-order valence-electron chi connectivity index (χ0n) is 16.5. The summed E-state index contributed by atoms with van der Waals surface area (Å²) in [7, 11) is 0. The molecule has 1 N–H and O–H groups in total. The van der Waals surface area contributed by atoms with Gasteiger partial charge in [0.05, 0.1) is 36.6 Å². The maximum atomic E-state index is 9.07. The average molecular weight is 410 g/mol. The van der Waals surface area contributed by atoms with E-state index in [1.807, 2.05) is 38.1 Å². The number of aromatic nitrogens is 1. The van der Waals surface area contributed by atoms with Gasteiger partial charge in [0.1, 0.15) is 0 Å². The molecule has 0 radical (unpaired) electrons. The molecule has 2 aromatic carbocycles. The smallest absolute Gasteiger partial charge is 0.163 e. The van der Waals surface area contributed by atoms with Crippen molar-refractivity contribution in [1.29, 1.82) is 5.26 Å². The standard InChI is InChI=1S/C23H23N3O2.ClH/c1-3-27-21-12-18-15-25-23(17-9-7-16(14-24)8-10-17)19-6-5-11-26(19)20(18)13-22(21)28-4-2;/h5-13,23,25H,3-4,15H2,1-2H3;1H. The third kappa shape index (κ3) is 3.95. The van der Waals surface area contributed by atoms with Crippen LogP contribution in [-0.4, -0.2) is 17.8 Å². The number of halogens is 1. The molecular weight excluding hydrogens is 386 g/mol. The molecular formula is C23H24ClN3O2. The fraction of sp³-hybridized carbons (Fsp3) is 0.261. The van der Waals surface area contributed by atoms with E-state index < -0.39 is 0 Å². The highest BCUT2D eigenvalue weighted by Gasteiger charge is 2.24. The number of benzene rings is 2. The van der Waals surface area contributed by atoms with Crippen LogP contribution < -0.4 is 14.8 Å². The lowest BCUT2D eigenvalue weighted by Gasteiger charge is -2.18. The lowest BCUT2D eigenvalue weighted by Crippen LogP contribution is -2.21. The molecule has 0 aliphatic carbocycles. The molecule has 1 atom stereocenters. The van der Waals surface area contributed by atoms with Crippen molar-refractivity contribution < 1.29 is 9.47 Å². The summed E-state index contributed by atoms with van der Waals surface area (Å²) < 4.78 is 13.9. The second kappa shape index (κ2) is 9.04. The minimum absolute atomic E-state index is 0. The van der Waals surface area contributed by atoms with Gasteiger partial charge in [-0.25, -0.2) is 0 Å². The summed E-state index contributed by atoms with van der Waals surface area (Å²) >= 11 is 0. The van der Waals surface area contributed by atoms with Crippen molar-refractivity contribution in [1.82, 2.24) is 9.88 Å². The number of fused-ring (bicyclic) bond motifs is 3. The Balaban J connectivity index is 0.00000240. The highest BCUT2D eigenvalue weighted by atomic mass is 35.5. The molecule has 5 nitrogen and oxygen atoms in total. The van der Waals surface area contributed by atoms with E-state index in [0.717, 1.165) is 34.0 Å². The summed E-state index contributed by atoms with van der Waals surface area (Å²) in [6.07, 6.45) is 2.08. The van der Waals surface area contributed by atoms with E-state index in [1.165, 1.54) is 0 Å². The van der Waals surface area contributed by atoms with Gasteiger partial charge in [0.25, 0.3) is 0 Å². The van der Waals surface area contributed by atoms with Gasteiger partial charge in [-0.05, 0) is 55.3 Å². The molecule has 4 rings (SSSR count). The van der Waals surface area contributed by atoms with Crippen LogP contribution >= 0.6 is 12.4 Å². The molecule has 0 spiro atoms. The van der Waals surface area contributed by atoms with E-state index in [-0.39, 0.29) is 18.4 Å². The van der Waals surface area contributed by atoms with Crippen molar-refractivity contribution in [3.05, 3.63) is 77.1 Å². The summed E-state index contributed by atoms with van der Waals surface area (Å²) in [4.78, 5) is 0. The van der Waals surface area contributed by atoms with Gasteiger partial charge in [0.2, 0.25) is 0 Å². The quantitative estimate of drug-likeness (QED) is 0.660. The number of ether oxygens (including phenoxy) is 2. The first-order chi connectivity index (χ1) is 13.7. The highest BCUT2D eigenvalue weighted by Crippen LogP contribution is 2.37. The Bertz CT molecular complexity index is 1020. The Kier molecular flexibility index (Phi) is 6.48. The van der Waals surface area contributed by atoms with Gasteiger partial charge in [-0.2, -0.15) is 5.26 Å². The van der Waals surface area contributed by atoms with Gasteiger partial charge in [0.15, 0.2) is 11.5 Å². The monoisotopic (exact) mass is 409 g/mol.